The Kier molecular flexibility index (Phi) is 18.3. The van der Waals surface area contributed by atoms with Crippen LogP contribution >= 0.6 is 11.8 Å². The van der Waals surface area contributed by atoms with Crippen molar-refractivity contribution in [3.63, 3.8) is 0 Å². The number of nitrogens with one attached hydrogen (secondary N) is 2. The molecule has 0 aromatic rings. The van der Waals surface area contributed by atoms with Gasteiger partial charge in [0.05, 0.1) is 13.3 Å². The number of rotatable bonds is 21. The van der Waals surface area contributed by atoms with Gasteiger partial charge in [0, 0.05) is 50.8 Å². The topological polar surface area (TPSA) is 50.8 Å². The highest BCUT2D eigenvalue weighted by Crippen LogP contribution is 2.23. The SMILES string of the molecule is CCCCC(CC)CN1CN(CC(CC)CCCC)CC(C)(NCCN[C@H](CO)CCSC)C1. The highest BCUT2D eigenvalue weighted by molar-refractivity contribution is 7.98. The molecule has 0 aromatic heterocycles. The molecule has 1 saturated heterocycles. The summed E-state index contributed by atoms with van der Waals surface area (Å²) in [5.74, 6) is 2.73. The largest absolute Gasteiger partial charge is 0.395 e. The molecule has 3 atom stereocenters. The number of hydrogen-bond acceptors (Lipinski definition) is 6. The van der Waals surface area contributed by atoms with Crippen molar-refractivity contribution in [1.82, 2.24) is 20.4 Å². The van der Waals surface area contributed by atoms with Gasteiger partial charge in [-0.2, -0.15) is 11.8 Å². The van der Waals surface area contributed by atoms with Crippen LogP contribution in [-0.2, 0) is 0 Å². The number of nitrogens with zero attached hydrogens (tertiary/aromatic N) is 2. The molecule has 1 heterocycles. The molecule has 0 spiro atoms. The summed E-state index contributed by atoms with van der Waals surface area (Å²) in [6, 6.07) is 0.217. The van der Waals surface area contributed by atoms with Crippen LogP contribution in [0.5, 0.6) is 0 Å². The average molecular weight is 501 g/mol. The number of unbranched alkanes of at least 4 members (excludes halogenated alkanes) is 2. The van der Waals surface area contributed by atoms with Gasteiger partial charge in [0.25, 0.3) is 0 Å². The van der Waals surface area contributed by atoms with Crippen molar-refractivity contribution in [2.24, 2.45) is 11.8 Å². The molecule has 5 nitrogen and oxygen atoms in total. The van der Waals surface area contributed by atoms with Gasteiger partial charge in [0.2, 0.25) is 0 Å². The molecule has 0 amide bonds. The van der Waals surface area contributed by atoms with Crippen LogP contribution in [0.15, 0.2) is 0 Å². The molecular formula is C28H60N4OS. The van der Waals surface area contributed by atoms with E-state index in [0.717, 1.165) is 56.9 Å². The van der Waals surface area contributed by atoms with Gasteiger partial charge in [-0.1, -0.05) is 66.2 Å². The van der Waals surface area contributed by atoms with Crippen LogP contribution in [0.1, 0.15) is 92.4 Å². The van der Waals surface area contributed by atoms with Crippen LogP contribution in [-0.4, -0.2) is 91.0 Å². The third kappa shape index (κ3) is 13.5. The lowest BCUT2D eigenvalue weighted by molar-refractivity contribution is 0.00510. The van der Waals surface area contributed by atoms with Crippen molar-refractivity contribution in [2.45, 2.75) is 104 Å². The minimum Gasteiger partial charge on any atom is -0.395 e. The third-order valence-corrected chi connectivity index (χ3v) is 8.31. The third-order valence-electron chi connectivity index (χ3n) is 7.67. The fraction of sp³-hybridized carbons (Fsp3) is 1.00. The van der Waals surface area contributed by atoms with Gasteiger partial charge >= 0.3 is 0 Å². The Morgan fingerprint density at radius 2 is 1.44 bits per heavy atom. The van der Waals surface area contributed by atoms with Gasteiger partial charge in [-0.25, -0.2) is 0 Å². The van der Waals surface area contributed by atoms with E-state index in [4.69, 9.17) is 0 Å². The predicted octanol–water partition coefficient (Wildman–Crippen LogP) is 5.05. The zero-order chi connectivity index (χ0) is 25.2. The second-order valence-electron chi connectivity index (χ2n) is 11.1. The lowest BCUT2D eigenvalue weighted by atomic mass is 9.93. The number of aliphatic hydroxyl groups excluding tert-OH is 1. The molecule has 204 valence electrons. The Labute approximate surface area is 217 Å². The van der Waals surface area contributed by atoms with Crippen molar-refractivity contribution in [1.29, 1.82) is 0 Å². The standard InChI is InChI=1S/C28H60N4OS/c1-7-11-13-25(9-3)19-31-22-28(5,30-17-16-29-27(21-33)15-18-34-6)23-32(24-31)20-26(10-4)14-12-8-2/h25-27,29-30,33H,7-24H2,1-6H3/t25?,26?,27-,28?/m0/s1. The van der Waals surface area contributed by atoms with Gasteiger partial charge in [-0.3, -0.25) is 9.80 Å². The molecule has 1 fully saturated rings. The summed E-state index contributed by atoms with van der Waals surface area (Å²) >= 11 is 1.85. The zero-order valence-corrected chi connectivity index (χ0v) is 24.5. The Morgan fingerprint density at radius 3 is 1.88 bits per heavy atom. The van der Waals surface area contributed by atoms with Crippen LogP contribution in [0.3, 0.4) is 0 Å². The van der Waals surface area contributed by atoms with Gasteiger partial charge in [0.1, 0.15) is 0 Å². The fourth-order valence-electron chi connectivity index (χ4n) is 5.50. The van der Waals surface area contributed by atoms with Gasteiger partial charge < -0.3 is 15.7 Å². The van der Waals surface area contributed by atoms with Crippen molar-refractivity contribution >= 4 is 11.8 Å². The highest BCUT2D eigenvalue weighted by atomic mass is 32.2. The first-order valence-corrected chi connectivity index (χ1v) is 15.9. The van der Waals surface area contributed by atoms with E-state index >= 15 is 0 Å². The number of aliphatic hydroxyl groups is 1. The fourth-order valence-corrected chi connectivity index (χ4v) is 6.02. The summed E-state index contributed by atoms with van der Waals surface area (Å²) < 4.78 is 0. The summed E-state index contributed by atoms with van der Waals surface area (Å²) in [5, 5.41) is 17.1. The van der Waals surface area contributed by atoms with Crippen LogP contribution in [0.2, 0.25) is 0 Å². The van der Waals surface area contributed by atoms with E-state index in [-0.39, 0.29) is 18.2 Å². The first-order chi connectivity index (χ1) is 16.4. The molecule has 3 N–H and O–H groups in total. The molecular weight excluding hydrogens is 440 g/mol. The summed E-state index contributed by atoms with van der Waals surface area (Å²) in [5.41, 5.74) is 0.111. The Bertz CT molecular complexity index is 455. The molecule has 0 aliphatic carbocycles. The monoisotopic (exact) mass is 500 g/mol. The van der Waals surface area contributed by atoms with Crippen molar-refractivity contribution in [3.05, 3.63) is 0 Å². The minimum absolute atomic E-state index is 0.111. The summed E-state index contributed by atoms with van der Waals surface area (Å²) in [6.07, 6.45) is 13.8. The first-order valence-electron chi connectivity index (χ1n) is 14.5. The maximum absolute atomic E-state index is 9.65. The van der Waals surface area contributed by atoms with Gasteiger partial charge in [-0.15, -0.1) is 0 Å². The van der Waals surface area contributed by atoms with Crippen molar-refractivity contribution in [2.75, 3.05) is 64.6 Å². The second kappa shape index (κ2) is 19.3. The molecule has 1 rings (SSSR count). The second-order valence-corrected chi connectivity index (χ2v) is 12.1. The average Bonchev–Trinajstić information content (AvgIpc) is 2.83. The highest BCUT2D eigenvalue weighted by Gasteiger charge is 2.35. The minimum atomic E-state index is 0.111. The van der Waals surface area contributed by atoms with E-state index < -0.39 is 0 Å². The molecule has 0 bridgehead atoms. The smallest absolute Gasteiger partial charge is 0.0584 e. The predicted molar refractivity (Wildman–Crippen MR) is 153 cm³/mol. The van der Waals surface area contributed by atoms with E-state index in [0.29, 0.717) is 0 Å². The molecule has 0 saturated carbocycles. The normalized spacial score (nSPS) is 22.7. The van der Waals surface area contributed by atoms with Crippen molar-refractivity contribution < 1.29 is 5.11 Å². The number of hydrogen-bond donors (Lipinski definition) is 3. The lowest BCUT2D eigenvalue weighted by Crippen LogP contribution is -2.65. The Balaban J connectivity index is 2.73. The summed E-state index contributed by atoms with van der Waals surface area (Å²) in [4.78, 5) is 5.49. The maximum Gasteiger partial charge on any atom is 0.0584 e. The van der Waals surface area contributed by atoms with Crippen molar-refractivity contribution in [3.8, 4) is 0 Å². The molecule has 34 heavy (non-hydrogen) atoms. The summed E-state index contributed by atoms with van der Waals surface area (Å²) in [6.45, 7) is 19.8. The Hall–Kier alpha value is 0.150. The lowest BCUT2D eigenvalue weighted by Gasteiger charge is -2.48. The number of thioether (sulfide) groups is 1. The van der Waals surface area contributed by atoms with Crippen LogP contribution in [0.4, 0.5) is 0 Å². The van der Waals surface area contributed by atoms with Crippen LogP contribution < -0.4 is 10.6 Å². The van der Waals surface area contributed by atoms with E-state index in [1.165, 1.54) is 64.5 Å². The first kappa shape index (κ1) is 32.2. The molecule has 6 heteroatoms. The van der Waals surface area contributed by atoms with E-state index in [1.54, 1.807) is 0 Å². The van der Waals surface area contributed by atoms with E-state index in [9.17, 15) is 5.11 Å². The maximum atomic E-state index is 9.65. The van der Waals surface area contributed by atoms with Crippen LogP contribution in [0, 0.1) is 11.8 Å². The van der Waals surface area contributed by atoms with E-state index in [2.05, 4.69) is 61.3 Å². The molecule has 1 aliphatic rings. The molecule has 0 radical (unpaired) electrons. The van der Waals surface area contributed by atoms with Crippen LogP contribution in [0.25, 0.3) is 0 Å². The Morgan fingerprint density at radius 1 is 0.882 bits per heavy atom. The molecule has 1 aliphatic heterocycles. The van der Waals surface area contributed by atoms with Gasteiger partial charge in [-0.05, 0) is 50.0 Å². The van der Waals surface area contributed by atoms with Gasteiger partial charge in [0.15, 0.2) is 0 Å². The molecule has 0 aromatic carbocycles. The quantitative estimate of drug-likeness (QED) is 0.192. The summed E-state index contributed by atoms with van der Waals surface area (Å²) in [7, 11) is 0. The zero-order valence-electron chi connectivity index (χ0n) is 23.7. The molecule has 2 unspecified atom stereocenters. The van der Waals surface area contributed by atoms with E-state index in [1.807, 2.05) is 11.8 Å².